The fraction of sp³-hybridized carbons (Fsp3) is 0.622. The van der Waals surface area contributed by atoms with E-state index in [0.717, 1.165) is 12.8 Å². The Labute approximate surface area is 284 Å². The highest BCUT2D eigenvalue weighted by Gasteiger charge is 2.75. The minimum atomic E-state index is -1.16. The number of methoxy groups -OCH3 is 1. The van der Waals surface area contributed by atoms with Crippen molar-refractivity contribution >= 4 is 23.7 Å². The minimum absolute atomic E-state index is 0.0819. The highest BCUT2D eigenvalue weighted by atomic mass is 16.6. The van der Waals surface area contributed by atoms with Crippen LogP contribution in [0.3, 0.4) is 0 Å². The van der Waals surface area contributed by atoms with Crippen molar-refractivity contribution in [1.82, 2.24) is 15.1 Å². The average molecular weight is 668 g/mol. The van der Waals surface area contributed by atoms with Gasteiger partial charge in [-0.15, -0.1) is 13.2 Å². The maximum absolute atomic E-state index is 14.4. The van der Waals surface area contributed by atoms with Gasteiger partial charge < -0.3 is 34.4 Å². The van der Waals surface area contributed by atoms with Crippen LogP contribution in [0.1, 0.15) is 76.9 Å². The summed E-state index contributed by atoms with van der Waals surface area (Å²) in [7, 11) is 1.51. The van der Waals surface area contributed by atoms with E-state index in [2.05, 4.69) is 18.5 Å². The van der Waals surface area contributed by atoms with E-state index in [1.165, 1.54) is 7.11 Å². The number of fused-ring (bicyclic) bond motifs is 1. The molecule has 0 aliphatic carbocycles. The van der Waals surface area contributed by atoms with Crippen molar-refractivity contribution in [3.8, 4) is 0 Å². The number of hydrogen-bond donors (Lipinski definition) is 2. The molecule has 11 heteroatoms. The molecule has 3 saturated heterocycles. The second kappa shape index (κ2) is 17.2. The summed E-state index contributed by atoms with van der Waals surface area (Å²) in [6.45, 7) is 12.2. The summed E-state index contributed by atoms with van der Waals surface area (Å²) in [5, 5.41) is 12.2. The summed E-state index contributed by atoms with van der Waals surface area (Å²) in [6, 6.07) is 7.43. The number of rotatable bonds is 20. The van der Waals surface area contributed by atoms with Crippen LogP contribution in [0.15, 0.2) is 55.6 Å². The van der Waals surface area contributed by atoms with Crippen molar-refractivity contribution in [1.29, 1.82) is 0 Å². The molecule has 7 atom stereocenters. The molecule has 0 saturated carbocycles. The molecule has 48 heavy (non-hydrogen) atoms. The van der Waals surface area contributed by atoms with Gasteiger partial charge in [0, 0.05) is 39.3 Å². The van der Waals surface area contributed by atoms with Gasteiger partial charge in [0.05, 0.1) is 30.6 Å². The fourth-order valence-corrected chi connectivity index (χ4v) is 7.67. The Morgan fingerprint density at radius 3 is 2.52 bits per heavy atom. The van der Waals surface area contributed by atoms with Gasteiger partial charge in [0.15, 0.2) is 0 Å². The lowest BCUT2D eigenvalue weighted by Crippen LogP contribution is -2.57. The molecule has 0 unspecified atom stereocenters. The van der Waals surface area contributed by atoms with Crippen molar-refractivity contribution in [2.75, 3.05) is 33.4 Å². The molecule has 264 valence electrons. The van der Waals surface area contributed by atoms with E-state index in [-0.39, 0.29) is 43.4 Å². The van der Waals surface area contributed by atoms with Gasteiger partial charge in [-0.2, -0.15) is 0 Å². The molecule has 11 nitrogen and oxygen atoms in total. The number of ether oxygens (including phenoxy) is 3. The van der Waals surface area contributed by atoms with Crippen LogP contribution in [0.5, 0.6) is 0 Å². The highest BCUT2D eigenvalue weighted by molar-refractivity contribution is 5.98. The van der Waals surface area contributed by atoms with Gasteiger partial charge in [-0.3, -0.25) is 19.2 Å². The molecule has 3 aliphatic heterocycles. The third-order valence-corrected chi connectivity index (χ3v) is 9.85. The zero-order valence-electron chi connectivity index (χ0n) is 28.7. The number of allylic oxidation sites excluding steroid dienone is 1. The van der Waals surface area contributed by atoms with Crippen molar-refractivity contribution in [2.45, 2.75) is 101 Å². The number of carbonyl (C=O) groups excluding carboxylic acids is 4. The number of aliphatic hydroxyl groups excluding tert-OH is 1. The Hall–Kier alpha value is -3.54. The van der Waals surface area contributed by atoms with Gasteiger partial charge >= 0.3 is 5.97 Å². The number of benzene rings is 1. The molecule has 0 aromatic heterocycles. The Morgan fingerprint density at radius 2 is 1.88 bits per heavy atom. The molecule has 3 aliphatic rings. The van der Waals surface area contributed by atoms with Gasteiger partial charge in [0.1, 0.15) is 17.7 Å². The molecular formula is C37H53N3O8. The number of esters is 1. The Morgan fingerprint density at radius 1 is 1.15 bits per heavy atom. The summed E-state index contributed by atoms with van der Waals surface area (Å²) in [5.41, 5.74) is -0.488. The lowest BCUT2D eigenvalue weighted by Gasteiger charge is -2.38. The number of hydrogen-bond acceptors (Lipinski definition) is 8. The smallest absolute Gasteiger partial charge is 0.313 e. The quantitative estimate of drug-likeness (QED) is 0.122. The number of carbonyl (C=O) groups is 4. The zero-order valence-corrected chi connectivity index (χ0v) is 28.7. The molecule has 1 spiro atoms. The van der Waals surface area contributed by atoms with Crippen molar-refractivity contribution < 1.29 is 38.5 Å². The van der Waals surface area contributed by atoms with Crippen LogP contribution in [-0.2, 0) is 33.4 Å². The average Bonchev–Trinajstić information content (AvgIpc) is 3.72. The van der Waals surface area contributed by atoms with Crippen LogP contribution < -0.4 is 5.32 Å². The maximum atomic E-state index is 14.4. The number of amides is 3. The first-order chi connectivity index (χ1) is 23.1. The predicted molar refractivity (Wildman–Crippen MR) is 180 cm³/mol. The molecule has 2 bridgehead atoms. The zero-order chi connectivity index (χ0) is 34.8. The van der Waals surface area contributed by atoms with Crippen LogP contribution in [0.2, 0.25) is 0 Å². The molecule has 1 aromatic carbocycles. The molecule has 3 fully saturated rings. The van der Waals surface area contributed by atoms with E-state index in [1.807, 2.05) is 44.2 Å². The topological polar surface area (TPSA) is 135 Å². The summed E-state index contributed by atoms with van der Waals surface area (Å²) >= 11 is 0. The normalized spacial score (nSPS) is 25.4. The van der Waals surface area contributed by atoms with Crippen LogP contribution in [0.25, 0.3) is 0 Å². The Kier molecular flexibility index (Phi) is 13.4. The van der Waals surface area contributed by atoms with Gasteiger partial charge in [-0.1, -0.05) is 55.3 Å². The van der Waals surface area contributed by atoms with Gasteiger partial charge in [0.25, 0.3) is 0 Å². The lowest BCUT2D eigenvalue weighted by molar-refractivity contribution is -0.163. The Balaban J connectivity index is 1.66. The van der Waals surface area contributed by atoms with Crippen LogP contribution in [0.4, 0.5) is 0 Å². The molecule has 3 heterocycles. The largest absolute Gasteiger partial charge is 0.455 e. The van der Waals surface area contributed by atoms with Crippen molar-refractivity contribution in [3.05, 3.63) is 61.2 Å². The van der Waals surface area contributed by atoms with Crippen molar-refractivity contribution in [2.24, 2.45) is 11.8 Å². The summed E-state index contributed by atoms with van der Waals surface area (Å²) in [5.74, 6) is -3.11. The van der Waals surface area contributed by atoms with E-state index < -0.39 is 47.7 Å². The molecule has 3 amide bonds. The van der Waals surface area contributed by atoms with Gasteiger partial charge in [-0.25, -0.2) is 0 Å². The van der Waals surface area contributed by atoms with E-state index in [9.17, 15) is 24.3 Å². The van der Waals surface area contributed by atoms with Crippen LogP contribution in [-0.4, -0.2) is 102 Å². The molecular weight excluding hydrogens is 614 g/mol. The monoisotopic (exact) mass is 667 g/mol. The van der Waals surface area contributed by atoms with Crippen LogP contribution >= 0.6 is 0 Å². The Bertz CT molecular complexity index is 1290. The highest BCUT2D eigenvalue weighted by Crippen LogP contribution is 2.59. The van der Waals surface area contributed by atoms with Gasteiger partial charge in [0.2, 0.25) is 17.7 Å². The maximum Gasteiger partial charge on any atom is 0.313 e. The first-order valence-corrected chi connectivity index (χ1v) is 17.3. The van der Waals surface area contributed by atoms with Gasteiger partial charge in [-0.05, 0) is 51.5 Å². The molecule has 4 rings (SSSR count). The van der Waals surface area contributed by atoms with E-state index in [4.69, 9.17) is 14.2 Å². The first kappa shape index (κ1) is 37.3. The molecule has 2 N–H and O–H groups in total. The summed E-state index contributed by atoms with van der Waals surface area (Å²) in [4.78, 5) is 59.3. The van der Waals surface area contributed by atoms with Crippen molar-refractivity contribution in [3.63, 3.8) is 0 Å². The minimum Gasteiger partial charge on any atom is -0.455 e. The number of likely N-dealkylation sites (tertiary alicyclic amines) is 1. The second-order valence-corrected chi connectivity index (χ2v) is 13.3. The third-order valence-electron chi connectivity index (χ3n) is 9.85. The predicted octanol–water partition coefficient (Wildman–Crippen LogP) is 3.72. The number of unbranched alkanes of at least 4 members (excludes halogenated alkanes) is 3. The molecule has 0 radical (unpaired) electrons. The number of nitrogens with zero attached hydrogens (tertiary/aromatic N) is 2. The lowest BCUT2D eigenvalue weighted by atomic mass is 9.70. The summed E-state index contributed by atoms with van der Waals surface area (Å²) in [6.07, 6.45) is 6.47. The summed E-state index contributed by atoms with van der Waals surface area (Å²) < 4.78 is 18.4. The second-order valence-electron chi connectivity index (χ2n) is 13.3. The fourth-order valence-electron chi connectivity index (χ4n) is 7.67. The standard InChI is InChI=1S/C37H53N3O8/c1-6-8-18-29(42)38-27(24-46-5)32(26-16-12-11-13-17-26)47-36(45)30-28-19-20-37(48-28)31(30)34(43)40(22-14-9-10-15-23-41)33(37)35(44)39(21-7-2)25(3)4/h6-7,11-13,16-17,25,27-28,30-33,41H,1-2,8-10,14-15,18-24H2,3-5H3,(H,38,42)/t27-,28+,30-,31-,32-,33+,37-/m0/s1. The van der Waals surface area contributed by atoms with E-state index in [1.54, 1.807) is 22.0 Å². The SMILES string of the molecule is C=CCCC(=O)N[C@@H](COC)[C@@H](OC(=O)[C@@H]1[C@H]2C(=O)N(CCCCCCO)[C@H](C(=O)N(CC=C)C(C)C)[C@]23CC[C@H]1O3)c1ccccc1. The van der Waals surface area contributed by atoms with Crippen LogP contribution in [0, 0.1) is 11.8 Å². The molecule has 1 aromatic rings. The third kappa shape index (κ3) is 7.84. The number of aliphatic hydroxyl groups is 1. The van der Waals surface area contributed by atoms with E-state index >= 15 is 0 Å². The van der Waals surface area contributed by atoms with E-state index in [0.29, 0.717) is 50.8 Å². The number of nitrogens with one attached hydrogen (secondary N) is 1. The first-order valence-electron chi connectivity index (χ1n) is 17.3.